The fourth-order valence-corrected chi connectivity index (χ4v) is 1.22. The Bertz CT molecular complexity index is 468. The zero-order valence-electron chi connectivity index (χ0n) is 7.92. The quantitative estimate of drug-likeness (QED) is 0.408. The van der Waals surface area contributed by atoms with Gasteiger partial charge >= 0.3 is 0 Å². The normalized spacial score (nSPS) is 11.3. The van der Waals surface area contributed by atoms with Gasteiger partial charge in [0.25, 0.3) is 0 Å². The van der Waals surface area contributed by atoms with Crippen LogP contribution in [0.3, 0.4) is 0 Å². The van der Waals surface area contributed by atoms with Crippen LogP contribution in [0.15, 0.2) is 26.6 Å². The van der Waals surface area contributed by atoms with E-state index in [1.807, 2.05) is 0 Å². The summed E-state index contributed by atoms with van der Waals surface area (Å²) in [6.07, 6.45) is 0. The van der Waals surface area contributed by atoms with Crippen molar-refractivity contribution in [3.63, 3.8) is 0 Å². The van der Waals surface area contributed by atoms with Gasteiger partial charge in [-0.25, -0.2) is 13.8 Å². The molecule has 0 atom stereocenters. The molecule has 0 radical (unpaired) electrons. The molecule has 1 aromatic carbocycles. The van der Waals surface area contributed by atoms with E-state index in [0.717, 1.165) is 6.07 Å². The second kappa shape index (κ2) is 4.88. The van der Waals surface area contributed by atoms with Gasteiger partial charge in [-0.15, -0.1) is 0 Å². The summed E-state index contributed by atoms with van der Waals surface area (Å²) >= 11 is 2.89. The summed E-state index contributed by atoms with van der Waals surface area (Å²) in [6.45, 7) is 0. The van der Waals surface area contributed by atoms with Crippen LogP contribution in [0.25, 0.3) is 0 Å². The first kappa shape index (κ1) is 12.4. The molecule has 8 heteroatoms. The SMILES string of the molecule is NC(N)=NC(N)=Nc1cc(F)cc(F)c1Br. The Balaban J connectivity index is 3.20. The summed E-state index contributed by atoms with van der Waals surface area (Å²) in [5, 5.41) is 0. The smallest absolute Gasteiger partial charge is 0.223 e. The van der Waals surface area contributed by atoms with Crippen molar-refractivity contribution in [1.29, 1.82) is 0 Å². The Morgan fingerprint density at radius 2 is 1.81 bits per heavy atom. The molecular formula is C8H8BrF2N5. The molecule has 5 nitrogen and oxygen atoms in total. The lowest BCUT2D eigenvalue weighted by molar-refractivity contribution is 0.580. The third-order valence-electron chi connectivity index (χ3n) is 1.45. The number of halogens is 3. The lowest BCUT2D eigenvalue weighted by Gasteiger charge is -2.01. The molecule has 0 spiro atoms. The third-order valence-corrected chi connectivity index (χ3v) is 2.24. The monoisotopic (exact) mass is 291 g/mol. The van der Waals surface area contributed by atoms with Crippen molar-refractivity contribution in [1.82, 2.24) is 0 Å². The second-order valence-electron chi connectivity index (χ2n) is 2.73. The highest BCUT2D eigenvalue weighted by Crippen LogP contribution is 2.29. The maximum Gasteiger partial charge on any atom is 0.223 e. The van der Waals surface area contributed by atoms with Gasteiger partial charge in [0.1, 0.15) is 11.6 Å². The van der Waals surface area contributed by atoms with Crippen molar-refractivity contribution in [2.75, 3.05) is 0 Å². The van der Waals surface area contributed by atoms with Gasteiger partial charge in [-0.1, -0.05) is 0 Å². The van der Waals surface area contributed by atoms with Crippen LogP contribution >= 0.6 is 15.9 Å². The fourth-order valence-electron chi connectivity index (χ4n) is 0.904. The topological polar surface area (TPSA) is 103 Å². The highest BCUT2D eigenvalue weighted by atomic mass is 79.9. The molecule has 6 N–H and O–H groups in total. The molecule has 86 valence electrons. The van der Waals surface area contributed by atoms with E-state index in [9.17, 15) is 8.78 Å². The van der Waals surface area contributed by atoms with Crippen LogP contribution in [0.2, 0.25) is 0 Å². The molecular weight excluding hydrogens is 284 g/mol. The van der Waals surface area contributed by atoms with Gasteiger partial charge < -0.3 is 17.2 Å². The van der Waals surface area contributed by atoms with Gasteiger partial charge in [-0.05, 0) is 15.9 Å². The minimum atomic E-state index is -0.795. The van der Waals surface area contributed by atoms with Gasteiger partial charge in [0.15, 0.2) is 5.96 Å². The van der Waals surface area contributed by atoms with Gasteiger partial charge in [0.05, 0.1) is 10.2 Å². The Morgan fingerprint density at radius 1 is 1.19 bits per heavy atom. The average molecular weight is 292 g/mol. The summed E-state index contributed by atoms with van der Waals surface area (Å²) in [6, 6.07) is 1.70. The standard InChI is InChI=1S/C8H8BrF2N5/c9-6-4(11)1-3(10)2-5(6)15-8(14)16-7(12)13/h1-2H,(H6,12,13,14,15,16). The maximum absolute atomic E-state index is 13.1. The van der Waals surface area contributed by atoms with E-state index >= 15 is 0 Å². The first-order chi connectivity index (χ1) is 7.40. The maximum atomic E-state index is 13.1. The van der Waals surface area contributed by atoms with Crippen LogP contribution in [0.1, 0.15) is 0 Å². The molecule has 16 heavy (non-hydrogen) atoms. The first-order valence-corrected chi connectivity index (χ1v) is 4.78. The van der Waals surface area contributed by atoms with E-state index in [4.69, 9.17) is 17.2 Å². The molecule has 1 rings (SSSR count). The van der Waals surface area contributed by atoms with Crippen molar-refractivity contribution in [3.8, 4) is 0 Å². The van der Waals surface area contributed by atoms with E-state index in [1.165, 1.54) is 0 Å². The molecule has 1 aromatic rings. The minimum absolute atomic E-state index is 0.0253. The van der Waals surface area contributed by atoms with Crippen LogP contribution in [-0.4, -0.2) is 11.9 Å². The zero-order valence-corrected chi connectivity index (χ0v) is 9.50. The number of benzene rings is 1. The van der Waals surface area contributed by atoms with Crippen molar-refractivity contribution >= 4 is 33.5 Å². The zero-order chi connectivity index (χ0) is 12.3. The molecule has 0 bridgehead atoms. The molecule has 0 aliphatic rings. The lowest BCUT2D eigenvalue weighted by Crippen LogP contribution is -2.26. The minimum Gasteiger partial charge on any atom is -0.370 e. The number of nitrogens with two attached hydrogens (primary N) is 3. The van der Waals surface area contributed by atoms with Crippen LogP contribution in [0.5, 0.6) is 0 Å². The van der Waals surface area contributed by atoms with Crippen molar-refractivity contribution in [2.45, 2.75) is 0 Å². The van der Waals surface area contributed by atoms with Gasteiger partial charge in [0, 0.05) is 12.1 Å². The second-order valence-corrected chi connectivity index (χ2v) is 3.52. The Labute approximate surface area is 98.2 Å². The van der Waals surface area contributed by atoms with Crippen molar-refractivity contribution in [3.05, 3.63) is 28.2 Å². The van der Waals surface area contributed by atoms with Gasteiger partial charge in [-0.3, -0.25) is 0 Å². The largest absolute Gasteiger partial charge is 0.370 e. The summed E-state index contributed by atoms with van der Waals surface area (Å²) in [5.74, 6) is -2.17. The molecule has 0 heterocycles. The third kappa shape index (κ3) is 3.16. The summed E-state index contributed by atoms with van der Waals surface area (Å²) in [5.41, 5.74) is 15.4. The van der Waals surface area contributed by atoms with Crippen LogP contribution < -0.4 is 17.2 Å². The summed E-state index contributed by atoms with van der Waals surface area (Å²) < 4.78 is 25.9. The van der Waals surface area contributed by atoms with Gasteiger partial charge in [-0.2, -0.15) is 4.99 Å². The predicted octanol–water partition coefficient (Wildman–Crippen LogP) is 0.947. The first-order valence-electron chi connectivity index (χ1n) is 3.98. The van der Waals surface area contributed by atoms with E-state index in [0.29, 0.717) is 6.07 Å². The van der Waals surface area contributed by atoms with Gasteiger partial charge in [0.2, 0.25) is 5.96 Å². The highest BCUT2D eigenvalue weighted by Gasteiger charge is 2.08. The number of guanidine groups is 2. The van der Waals surface area contributed by atoms with Crippen LogP contribution in [0.4, 0.5) is 14.5 Å². The number of hydrogen-bond donors (Lipinski definition) is 3. The molecule has 0 aromatic heterocycles. The lowest BCUT2D eigenvalue weighted by atomic mass is 10.3. The molecule has 0 aliphatic heterocycles. The predicted molar refractivity (Wildman–Crippen MR) is 61.2 cm³/mol. The Kier molecular flexibility index (Phi) is 3.78. The Hall–Kier alpha value is -1.70. The fraction of sp³-hybridized carbons (Fsp3) is 0. The van der Waals surface area contributed by atoms with Crippen LogP contribution in [0, 0.1) is 11.6 Å². The average Bonchev–Trinajstić information content (AvgIpc) is 2.11. The van der Waals surface area contributed by atoms with E-state index in [2.05, 4.69) is 25.9 Å². The number of aliphatic imine (C=N–C) groups is 2. The van der Waals surface area contributed by atoms with E-state index in [-0.39, 0.29) is 22.1 Å². The molecule has 0 aliphatic carbocycles. The number of hydrogen-bond acceptors (Lipinski definition) is 1. The summed E-state index contributed by atoms with van der Waals surface area (Å²) in [7, 11) is 0. The van der Waals surface area contributed by atoms with Crippen LogP contribution in [-0.2, 0) is 0 Å². The Morgan fingerprint density at radius 3 is 2.38 bits per heavy atom. The molecule has 0 unspecified atom stereocenters. The van der Waals surface area contributed by atoms with E-state index in [1.54, 1.807) is 0 Å². The highest BCUT2D eigenvalue weighted by molar-refractivity contribution is 9.10. The molecule has 0 saturated carbocycles. The van der Waals surface area contributed by atoms with E-state index < -0.39 is 11.6 Å². The molecule has 0 fully saturated rings. The van der Waals surface area contributed by atoms with Crippen molar-refractivity contribution < 1.29 is 8.78 Å². The van der Waals surface area contributed by atoms with Crippen molar-refractivity contribution in [2.24, 2.45) is 27.2 Å². The summed E-state index contributed by atoms with van der Waals surface area (Å²) in [4.78, 5) is 7.05. The molecule has 0 saturated heterocycles. The number of nitrogens with zero attached hydrogens (tertiary/aromatic N) is 2. The molecule has 0 amide bonds. The number of rotatable bonds is 1.